The van der Waals surface area contributed by atoms with Crippen LogP contribution in [0.5, 0.6) is 0 Å². The Balaban J connectivity index is 3.13. The molecule has 0 spiro atoms. The second-order valence-corrected chi connectivity index (χ2v) is 7.63. The average Bonchev–Trinajstić information content (AvgIpc) is 2.60. The molecule has 8 heteroatoms. The molecular formula is C21H26F3N3O2. The molecule has 0 saturated heterocycles. The van der Waals surface area contributed by atoms with Crippen LogP contribution in [0.15, 0.2) is 24.3 Å². The van der Waals surface area contributed by atoms with E-state index in [0.717, 1.165) is 0 Å². The third-order valence-electron chi connectivity index (χ3n) is 3.82. The number of benzene rings is 1. The molecule has 0 saturated carbocycles. The second-order valence-electron chi connectivity index (χ2n) is 7.63. The van der Waals surface area contributed by atoms with Gasteiger partial charge >= 0.3 is 6.18 Å². The summed E-state index contributed by atoms with van der Waals surface area (Å²) in [4.78, 5) is 12.2. The maximum absolute atomic E-state index is 13.7. The summed E-state index contributed by atoms with van der Waals surface area (Å²) in [7, 11) is 0. The molecule has 2 atom stereocenters. The Bertz CT molecular complexity index is 779. The van der Waals surface area contributed by atoms with Crippen molar-refractivity contribution < 1.29 is 23.1 Å². The van der Waals surface area contributed by atoms with Crippen molar-refractivity contribution in [2.45, 2.75) is 58.0 Å². The van der Waals surface area contributed by atoms with Crippen molar-refractivity contribution >= 4 is 5.91 Å². The first-order valence-electron chi connectivity index (χ1n) is 9.16. The highest BCUT2D eigenvalue weighted by Gasteiger charge is 2.42. The number of nitrogens with zero attached hydrogens (tertiary/aromatic N) is 1. The Labute approximate surface area is 169 Å². The molecule has 158 valence electrons. The monoisotopic (exact) mass is 409 g/mol. The van der Waals surface area contributed by atoms with Gasteiger partial charge in [0.15, 0.2) is 0 Å². The van der Waals surface area contributed by atoms with Crippen molar-refractivity contribution in [2.75, 3.05) is 6.54 Å². The molecule has 0 aliphatic carbocycles. The van der Waals surface area contributed by atoms with Crippen molar-refractivity contribution in [1.82, 2.24) is 10.6 Å². The van der Waals surface area contributed by atoms with E-state index in [9.17, 15) is 23.1 Å². The van der Waals surface area contributed by atoms with E-state index in [1.165, 1.54) is 38.1 Å². The molecule has 1 aromatic carbocycles. The van der Waals surface area contributed by atoms with E-state index >= 15 is 0 Å². The number of alkyl halides is 3. The minimum atomic E-state index is -4.63. The van der Waals surface area contributed by atoms with Crippen LogP contribution >= 0.6 is 0 Å². The lowest BCUT2D eigenvalue weighted by Crippen LogP contribution is -2.49. The number of hydrogen-bond acceptors (Lipinski definition) is 4. The van der Waals surface area contributed by atoms with E-state index in [-0.39, 0.29) is 24.4 Å². The normalized spacial score (nSPS) is 13.8. The summed E-state index contributed by atoms with van der Waals surface area (Å²) in [5, 5.41) is 22.9. The topological polar surface area (TPSA) is 85.2 Å². The molecular weight excluding hydrogens is 383 g/mol. The van der Waals surface area contributed by atoms with Gasteiger partial charge in [-0.25, -0.2) is 0 Å². The average molecular weight is 409 g/mol. The van der Waals surface area contributed by atoms with Crippen molar-refractivity contribution in [3.8, 4) is 17.9 Å². The van der Waals surface area contributed by atoms with Gasteiger partial charge in [-0.3, -0.25) is 10.1 Å². The fraction of sp³-hybridized carbons (Fsp3) is 0.524. The lowest BCUT2D eigenvalue weighted by Gasteiger charge is -2.28. The van der Waals surface area contributed by atoms with Gasteiger partial charge in [-0.2, -0.15) is 18.4 Å². The molecule has 0 bridgehead atoms. The van der Waals surface area contributed by atoms with Gasteiger partial charge in [-0.05, 0) is 43.9 Å². The minimum Gasteiger partial charge on any atom is -0.378 e. The summed E-state index contributed by atoms with van der Waals surface area (Å²) in [6, 6.07) is 4.02. The molecule has 5 nitrogen and oxygen atoms in total. The fourth-order valence-electron chi connectivity index (χ4n) is 2.54. The highest BCUT2D eigenvalue weighted by molar-refractivity contribution is 5.82. The molecule has 0 aromatic heterocycles. The Morgan fingerprint density at radius 2 is 1.79 bits per heavy atom. The molecule has 1 amide bonds. The lowest BCUT2D eigenvalue weighted by molar-refractivity contribution is -0.161. The van der Waals surface area contributed by atoms with Gasteiger partial charge in [0, 0.05) is 5.56 Å². The maximum atomic E-state index is 13.7. The van der Waals surface area contributed by atoms with E-state index in [2.05, 4.69) is 22.5 Å². The zero-order chi connectivity index (χ0) is 22.2. The molecule has 0 heterocycles. The van der Waals surface area contributed by atoms with E-state index in [1.807, 2.05) is 0 Å². The molecule has 0 aliphatic rings. The molecule has 0 radical (unpaired) electrons. The molecule has 0 aliphatic heterocycles. The number of carbonyl (C=O) groups is 1. The first-order valence-corrected chi connectivity index (χ1v) is 9.16. The van der Waals surface area contributed by atoms with Gasteiger partial charge in [-0.1, -0.05) is 37.8 Å². The third kappa shape index (κ3) is 8.99. The van der Waals surface area contributed by atoms with E-state index in [1.54, 1.807) is 19.9 Å². The minimum absolute atomic E-state index is 0.0336. The van der Waals surface area contributed by atoms with Crippen LogP contribution in [-0.2, 0) is 4.79 Å². The summed E-state index contributed by atoms with van der Waals surface area (Å²) in [6.07, 6.45) is -4.45. The summed E-state index contributed by atoms with van der Waals surface area (Å²) >= 11 is 0. The van der Waals surface area contributed by atoms with Crippen LogP contribution in [0.1, 0.15) is 51.3 Å². The van der Waals surface area contributed by atoms with Crippen molar-refractivity contribution in [2.24, 2.45) is 5.92 Å². The zero-order valence-electron chi connectivity index (χ0n) is 16.9. The first-order chi connectivity index (χ1) is 13.3. The Morgan fingerprint density at radius 3 is 2.24 bits per heavy atom. The number of amides is 1. The first kappa shape index (κ1) is 24.5. The predicted molar refractivity (Wildman–Crippen MR) is 103 cm³/mol. The lowest BCUT2D eigenvalue weighted by atomic mass is 9.99. The van der Waals surface area contributed by atoms with E-state index in [0.29, 0.717) is 5.56 Å². The van der Waals surface area contributed by atoms with Crippen LogP contribution in [0, 0.1) is 29.1 Å². The van der Waals surface area contributed by atoms with Gasteiger partial charge < -0.3 is 10.4 Å². The fourth-order valence-corrected chi connectivity index (χ4v) is 2.54. The predicted octanol–water partition coefficient (Wildman–Crippen LogP) is 3.06. The number of rotatable bonds is 7. The quantitative estimate of drug-likeness (QED) is 0.477. The van der Waals surface area contributed by atoms with E-state index < -0.39 is 29.8 Å². The Hall–Kier alpha value is -2.55. The van der Waals surface area contributed by atoms with Crippen molar-refractivity contribution in [1.29, 1.82) is 5.26 Å². The largest absolute Gasteiger partial charge is 0.407 e. The van der Waals surface area contributed by atoms with Crippen molar-refractivity contribution in [3.05, 3.63) is 35.4 Å². The SMILES string of the molecule is CC(C)C[C@H](N[C@@H](c1ccc(C#CC(C)(C)O)cc1)C(F)(F)F)C(=O)NCC#N. The van der Waals surface area contributed by atoms with Crippen LogP contribution in [-0.4, -0.2) is 35.4 Å². The second kappa shape index (κ2) is 10.3. The highest BCUT2D eigenvalue weighted by atomic mass is 19.4. The smallest absolute Gasteiger partial charge is 0.378 e. The van der Waals surface area contributed by atoms with Gasteiger partial charge in [-0.15, -0.1) is 0 Å². The Morgan fingerprint density at radius 1 is 1.21 bits per heavy atom. The van der Waals surface area contributed by atoms with Gasteiger partial charge in [0.2, 0.25) is 5.91 Å². The molecule has 1 aromatic rings. The zero-order valence-corrected chi connectivity index (χ0v) is 16.9. The Kier molecular flexibility index (Phi) is 8.69. The molecule has 1 rings (SSSR count). The van der Waals surface area contributed by atoms with Crippen LogP contribution in [0.4, 0.5) is 13.2 Å². The number of nitriles is 1. The van der Waals surface area contributed by atoms with Gasteiger partial charge in [0.1, 0.15) is 18.2 Å². The van der Waals surface area contributed by atoms with Gasteiger partial charge in [0.05, 0.1) is 12.1 Å². The molecule has 29 heavy (non-hydrogen) atoms. The van der Waals surface area contributed by atoms with Crippen LogP contribution in [0.25, 0.3) is 0 Å². The van der Waals surface area contributed by atoms with Gasteiger partial charge in [0.25, 0.3) is 0 Å². The highest BCUT2D eigenvalue weighted by Crippen LogP contribution is 2.33. The third-order valence-corrected chi connectivity index (χ3v) is 3.82. The molecule has 0 unspecified atom stereocenters. The number of nitrogens with one attached hydrogen (secondary N) is 2. The number of hydrogen-bond donors (Lipinski definition) is 3. The van der Waals surface area contributed by atoms with Crippen LogP contribution < -0.4 is 10.6 Å². The van der Waals surface area contributed by atoms with E-state index in [4.69, 9.17) is 5.26 Å². The number of aliphatic hydroxyl groups is 1. The maximum Gasteiger partial charge on any atom is 0.407 e. The number of halogens is 3. The molecule has 0 fully saturated rings. The van der Waals surface area contributed by atoms with Crippen molar-refractivity contribution in [3.63, 3.8) is 0 Å². The summed E-state index contributed by atoms with van der Waals surface area (Å²) in [5.41, 5.74) is -0.814. The van der Waals surface area contributed by atoms with Crippen LogP contribution in [0.3, 0.4) is 0 Å². The van der Waals surface area contributed by atoms with Crippen LogP contribution in [0.2, 0.25) is 0 Å². The molecule has 3 N–H and O–H groups in total. The summed E-state index contributed by atoms with van der Waals surface area (Å²) in [6.45, 7) is 6.32. The summed E-state index contributed by atoms with van der Waals surface area (Å²) < 4.78 is 41.1. The summed E-state index contributed by atoms with van der Waals surface area (Å²) in [5.74, 6) is 4.61. The number of carbonyl (C=O) groups excluding carboxylic acids is 1. The standard InChI is InChI=1S/C21H26F3N3O2/c1-14(2)13-17(19(28)26-12-11-25)27-18(21(22,23)24)16-7-5-15(6-8-16)9-10-20(3,4)29/h5-8,14,17-18,27,29H,12-13H2,1-4H3,(H,26,28)/t17-,18-/m0/s1.